The van der Waals surface area contributed by atoms with Crippen molar-refractivity contribution in [2.45, 2.75) is 30.2 Å². The van der Waals surface area contributed by atoms with Gasteiger partial charge in [-0.3, -0.25) is 0 Å². The third kappa shape index (κ3) is 3.07. The summed E-state index contributed by atoms with van der Waals surface area (Å²) in [5.74, 6) is -14.1. The van der Waals surface area contributed by atoms with Crippen LogP contribution in [-0.2, 0) is 9.47 Å². The zero-order valence-electron chi connectivity index (χ0n) is 9.18. The molecule has 0 saturated carbocycles. The fraction of sp³-hybridized carbons (Fsp3) is 1.00. The van der Waals surface area contributed by atoms with Crippen molar-refractivity contribution >= 4 is 0 Å². The average molecular weight is 330 g/mol. The number of rotatable bonds is 7. The van der Waals surface area contributed by atoms with E-state index in [1.54, 1.807) is 0 Å². The summed E-state index contributed by atoms with van der Waals surface area (Å²) in [6, 6.07) is 0. The fourth-order valence-corrected chi connectivity index (χ4v) is 0.773. The molecule has 0 aromatic rings. The van der Waals surface area contributed by atoms with E-state index in [1.807, 2.05) is 4.74 Å². The monoisotopic (exact) mass is 330 g/mol. The minimum atomic E-state index is -7.13. The van der Waals surface area contributed by atoms with Crippen LogP contribution in [0.4, 0.5) is 48.3 Å². The van der Waals surface area contributed by atoms with E-state index in [0.717, 1.165) is 0 Å². The Labute approximate surface area is 103 Å². The predicted molar refractivity (Wildman–Crippen MR) is 38.8 cm³/mol. The Morgan fingerprint density at radius 2 is 1.05 bits per heavy atom. The zero-order valence-corrected chi connectivity index (χ0v) is 9.18. The number of halogens is 11. The summed E-state index contributed by atoms with van der Waals surface area (Å²) in [6.45, 7) is -3.08. The maximum absolute atomic E-state index is 12.7. The van der Waals surface area contributed by atoms with Gasteiger partial charge < -0.3 is 4.74 Å². The molecule has 20 heavy (non-hydrogen) atoms. The van der Waals surface area contributed by atoms with Gasteiger partial charge in [0.05, 0.1) is 0 Å². The minimum absolute atomic E-state index is 0.223. The molecular weight excluding hydrogens is 325 g/mol. The molecule has 0 aliphatic heterocycles. The van der Waals surface area contributed by atoms with Gasteiger partial charge in [0, 0.05) is 7.11 Å². The Kier molecular flexibility index (Phi) is 4.95. The quantitative estimate of drug-likeness (QED) is 0.663. The van der Waals surface area contributed by atoms with Crippen LogP contribution in [0.25, 0.3) is 0 Å². The van der Waals surface area contributed by atoms with Crippen molar-refractivity contribution in [1.82, 2.24) is 0 Å². The highest BCUT2D eigenvalue weighted by molar-refractivity contribution is 4.97. The summed E-state index contributed by atoms with van der Waals surface area (Å²) in [6.07, 6.45) is -18.5. The van der Waals surface area contributed by atoms with E-state index in [1.165, 1.54) is 0 Å². The Hall–Kier alpha value is -0.850. The molecular formula is C7H5F11O2. The number of hydrogen-bond donors (Lipinski definition) is 0. The summed E-state index contributed by atoms with van der Waals surface area (Å²) in [5.41, 5.74) is 0. The number of alkyl halides is 11. The SMILES string of the molecule is COC(F)(F)C(F)(F)C(F)(F)C(F)(F)OC(F)(F)CF. The Balaban J connectivity index is 5.61. The van der Waals surface area contributed by atoms with Crippen LogP contribution in [0.1, 0.15) is 0 Å². The molecule has 122 valence electrons. The third-order valence-electron chi connectivity index (χ3n) is 1.81. The second-order valence-electron chi connectivity index (χ2n) is 3.26. The van der Waals surface area contributed by atoms with Crippen LogP contribution in [0, 0.1) is 0 Å². The molecule has 0 aliphatic carbocycles. The molecule has 0 aliphatic rings. The van der Waals surface area contributed by atoms with Crippen LogP contribution in [0.2, 0.25) is 0 Å². The topological polar surface area (TPSA) is 18.5 Å². The Morgan fingerprint density at radius 3 is 1.35 bits per heavy atom. The van der Waals surface area contributed by atoms with E-state index in [9.17, 15) is 48.3 Å². The molecule has 0 N–H and O–H groups in total. The molecule has 0 atom stereocenters. The van der Waals surface area contributed by atoms with Crippen LogP contribution in [0.15, 0.2) is 0 Å². The summed E-state index contributed by atoms with van der Waals surface area (Å²) >= 11 is 0. The molecule has 0 aromatic heterocycles. The number of ether oxygens (including phenoxy) is 2. The summed E-state index contributed by atoms with van der Waals surface area (Å²) in [5, 5.41) is 0. The third-order valence-corrected chi connectivity index (χ3v) is 1.81. The van der Waals surface area contributed by atoms with Crippen molar-refractivity contribution in [2.75, 3.05) is 13.8 Å². The van der Waals surface area contributed by atoms with Crippen LogP contribution in [0.3, 0.4) is 0 Å². The lowest BCUT2D eigenvalue weighted by atomic mass is 10.1. The maximum Gasteiger partial charge on any atom is 0.430 e. The van der Waals surface area contributed by atoms with E-state index in [-0.39, 0.29) is 7.11 Å². The van der Waals surface area contributed by atoms with E-state index < -0.39 is 36.8 Å². The van der Waals surface area contributed by atoms with Gasteiger partial charge in [-0.25, -0.2) is 9.13 Å². The highest BCUT2D eigenvalue weighted by Gasteiger charge is 2.83. The highest BCUT2D eigenvalue weighted by atomic mass is 19.4. The van der Waals surface area contributed by atoms with Crippen molar-refractivity contribution in [1.29, 1.82) is 0 Å². The lowest BCUT2D eigenvalue weighted by Gasteiger charge is -2.35. The van der Waals surface area contributed by atoms with Gasteiger partial charge in [-0.1, -0.05) is 0 Å². The van der Waals surface area contributed by atoms with Gasteiger partial charge >= 0.3 is 30.2 Å². The first-order chi connectivity index (χ1) is 8.58. The summed E-state index contributed by atoms with van der Waals surface area (Å²) in [4.78, 5) is 0. The standard InChI is InChI=1S/C7H5F11O2/c1-19-6(15,16)4(11,12)5(13,14)7(17,18)20-3(9,10)2-8/h2H2,1H3. The molecule has 0 fully saturated rings. The van der Waals surface area contributed by atoms with Gasteiger partial charge in [0.1, 0.15) is 0 Å². The molecule has 0 aromatic carbocycles. The normalized spacial score (nSPS) is 15.6. The molecule has 0 spiro atoms. The molecule has 0 radical (unpaired) electrons. The van der Waals surface area contributed by atoms with Gasteiger partial charge in [0.25, 0.3) is 0 Å². The van der Waals surface area contributed by atoms with Gasteiger partial charge in [-0.15, -0.1) is 0 Å². The van der Waals surface area contributed by atoms with Crippen LogP contribution in [-0.4, -0.2) is 44.0 Å². The van der Waals surface area contributed by atoms with Crippen molar-refractivity contribution in [3.05, 3.63) is 0 Å². The molecule has 0 unspecified atom stereocenters. The summed E-state index contributed by atoms with van der Waals surface area (Å²) < 4.78 is 141. The number of hydrogen-bond acceptors (Lipinski definition) is 2. The predicted octanol–water partition coefficient (Wildman–Crippen LogP) is 3.67. The molecule has 13 heteroatoms. The van der Waals surface area contributed by atoms with E-state index in [4.69, 9.17) is 0 Å². The molecule has 0 amide bonds. The van der Waals surface area contributed by atoms with Gasteiger partial charge in [0.15, 0.2) is 6.67 Å². The molecule has 0 saturated heterocycles. The van der Waals surface area contributed by atoms with E-state index in [2.05, 4.69) is 4.74 Å². The smallest absolute Gasteiger partial charge is 0.319 e. The average Bonchev–Trinajstić information content (AvgIpc) is 2.26. The van der Waals surface area contributed by atoms with Crippen LogP contribution in [0.5, 0.6) is 0 Å². The minimum Gasteiger partial charge on any atom is -0.319 e. The second kappa shape index (κ2) is 5.16. The highest BCUT2D eigenvalue weighted by Crippen LogP contribution is 2.54. The summed E-state index contributed by atoms with van der Waals surface area (Å²) in [7, 11) is -0.223. The lowest BCUT2D eigenvalue weighted by Crippen LogP contribution is -2.64. The van der Waals surface area contributed by atoms with Gasteiger partial charge in [-0.05, 0) is 0 Å². The first-order valence-corrected chi connectivity index (χ1v) is 4.28. The van der Waals surface area contributed by atoms with Crippen molar-refractivity contribution in [2.24, 2.45) is 0 Å². The fourth-order valence-electron chi connectivity index (χ4n) is 0.773. The molecule has 0 rings (SSSR count). The Bertz CT molecular complexity index is 340. The van der Waals surface area contributed by atoms with Crippen LogP contribution >= 0.6 is 0 Å². The van der Waals surface area contributed by atoms with Gasteiger partial charge in [-0.2, -0.15) is 43.9 Å². The maximum atomic E-state index is 12.7. The first kappa shape index (κ1) is 19.1. The first-order valence-electron chi connectivity index (χ1n) is 4.28. The zero-order chi connectivity index (χ0) is 16.6. The van der Waals surface area contributed by atoms with Crippen molar-refractivity contribution < 1.29 is 57.8 Å². The van der Waals surface area contributed by atoms with E-state index >= 15 is 0 Å². The molecule has 2 nitrogen and oxygen atoms in total. The van der Waals surface area contributed by atoms with Crippen molar-refractivity contribution in [3.8, 4) is 0 Å². The number of methoxy groups -OCH3 is 1. The van der Waals surface area contributed by atoms with E-state index in [0.29, 0.717) is 0 Å². The Morgan fingerprint density at radius 1 is 0.700 bits per heavy atom. The van der Waals surface area contributed by atoms with Crippen molar-refractivity contribution in [3.63, 3.8) is 0 Å². The van der Waals surface area contributed by atoms with Crippen LogP contribution < -0.4 is 0 Å². The lowest BCUT2D eigenvalue weighted by molar-refractivity contribution is -0.491. The largest absolute Gasteiger partial charge is 0.430 e. The second-order valence-corrected chi connectivity index (χ2v) is 3.26. The van der Waals surface area contributed by atoms with Gasteiger partial charge in [0.2, 0.25) is 0 Å². The molecule has 0 heterocycles. The molecule has 0 bridgehead atoms.